The molecule has 3 heterocycles. The Labute approximate surface area is 109 Å². The number of nitrogens with one attached hydrogen (secondary N) is 1. The second-order valence-corrected chi connectivity index (χ2v) is 4.36. The van der Waals surface area contributed by atoms with Gasteiger partial charge in [-0.05, 0) is 35.9 Å². The average molecular weight is 256 g/mol. The monoisotopic (exact) mass is 256 g/mol. The van der Waals surface area contributed by atoms with Gasteiger partial charge in [0.1, 0.15) is 6.04 Å². The molecule has 1 atom stereocenters. The van der Waals surface area contributed by atoms with Crippen LogP contribution in [0.2, 0.25) is 0 Å². The minimum absolute atomic E-state index is 0.0139. The quantitative estimate of drug-likeness (QED) is 0.860. The molecule has 0 aromatic carbocycles. The molecule has 1 unspecified atom stereocenters. The van der Waals surface area contributed by atoms with Crippen molar-refractivity contribution < 1.29 is 4.79 Å². The van der Waals surface area contributed by atoms with Gasteiger partial charge in [0.15, 0.2) is 5.78 Å². The molecule has 0 aliphatic carbocycles. The standard InChI is InChI=1S/C12H12N6O/c1-7-10(8(2)19)11(9-4-3-5-13-6-9)18-12(14-7)15-16-17-18/h3-6,11H,1-2H3,(H,14,15,17). The van der Waals surface area contributed by atoms with Gasteiger partial charge in [-0.15, -0.1) is 0 Å². The molecule has 1 aliphatic rings. The smallest absolute Gasteiger partial charge is 0.248 e. The third-order valence-electron chi connectivity index (χ3n) is 3.09. The van der Waals surface area contributed by atoms with Crippen LogP contribution in [0.15, 0.2) is 35.8 Å². The highest BCUT2D eigenvalue weighted by Gasteiger charge is 2.32. The van der Waals surface area contributed by atoms with Crippen molar-refractivity contribution in [3.63, 3.8) is 0 Å². The van der Waals surface area contributed by atoms with Gasteiger partial charge in [-0.3, -0.25) is 9.78 Å². The zero-order valence-electron chi connectivity index (χ0n) is 10.5. The van der Waals surface area contributed by atoms with Crippen molar-refractivity contribution in [1.29, 1.82) is 0 Å². The number of allylic oxidation sites excluding steroid dienone is 2. The van der Waals surface area contributed by atoms with Crippen LogP contribution < -0.4 is 5.32 Å². The van der Waals surface area contributed by atoms with Crippen molar-refractivity contribution >= 4 is 11.7 Å². The molecule has 0 saturated heterocycles. The summed E-state index contributed by atoms with van der Waals surface area (Å²) < 4.78 is 1.60. The van der Waals surface area contributed by atoms with Crippen LogP contribution in [-0.2, 0) is 4.79 Å². The number of anilines is 1. The molecule has 1 aliphatic heterocycles. The molecule has 0 bridgehead atoms. The van der Waals surface area contributed by atoms with Crippen molar-refractivity contribution in [2.45, 2.75) is 19.9 Å². The number of nitrogens with zero attached hydrogens (tertiary/aromatic N) is 5. The predicted molar refractivity (Wildman–Crippen MR) is 67.2 cm³/mol. The first-order chi connectivity index (χ1) is 9.18. The zero-order valence-corrected chi connectivity index (χ0v) is 10.5. The Hall–Kier alpha value is -2.57. The van der Waals surface area contributed by atoms with Crippen LogP contribution in [0.25, 0.3) is 0 Å². The number of ketones is 1. The second kappa shape index (κ2) is 4.27. The van der Waals surface area contributed by atoms with Gasteiger partial charge in [-0.1, -0.05) is 11.2 Å². The fourth-order valence-electron chi connectivity index (χ4n) is 2.31. The van der Waals surface area contributed by atoms with Gasteiger partial charge in [-0.2, -0.15) is 4.68 Å². The fourth-order valence-corrected chi connectivity index (χ4v) is 2.31. The van der Waals surface area contributed by atoms with E-state index in [0.717, 1.165) is 11.3 Å². The first-order valence-electron chi connectivity index (χ1n) is 5.85. The molecule has 2 aromatic rings. The Bertz CT molecular complexity index is 660. The van der Waals surface area contributed by atoms with Crippen LogP contribution in [0, 0.1) is 0 Å². The molecular formula is C12H12N6O. The molecule has 96 valence electrons. The molecule has 0 radical (unpaired) electrons. The lowest BCUT2D eigenvalue weighted by molar-refractivity contribution is -0.114. The lowest BCUT2D eigenvalue weighted by Crippen LogP contribution is -2.27. The van der Waals surface area contributed by atoms with Gasteiger partial charge in [0, 0.05) is 23.7 Å². The number of hydrogen-bond donors (Lipinski definition) is 1. The molecule has 19 heavy (non-hydrogen) atoms. The normalized spacial score (nSPS) is 17.9. The highest BCUT2D eigenvalue weighted by molar-refractivity contribution is 5.96. The summed E-state index contributed by atoms with van der Waals surface area (Å²) in [5.41, 5.74) is 2.29. The zero-order chi connectivity index (χ0) is 13.4. The van der Waals surface area contributed by atoms with Gasteiger partial charge in [-0.25, -0.2) is 0 Å². The topological polar surface area (TPSA) is 85.6 Å². The first kappa shape index (κ1) is 11.5. The van der Waals surface area contributed by atoms with E-state index in [4.69, 9.17) is 0 Å². The van der Waals surface area contributed by atoms with E-state index in [-0.39, 0.29) is 11.8 Å². The van der Waals surface area contributed by atoms with Crippen molar-refractivity contribution in [3.8, 4) is 0 Å². The van der Waals surface area contributed by atoms with E-state index in [9.17, 15) is 4.79 Å². The predicted octanol–water partition coefficient (Wildman–Crippen LogP) is 0.946. The van der Waals surface area contributed by atoms with Crippen LogP contribution >= 0.6 is 0 Å². The largest absolute Gasteiger partial charge is 0.327 e. The van der Waals surface area contributed by atoms with E-state index in [1.165, 1.54) is 0 Å². The first-order valence-corrected chi connectivity index (χ1v) is 5.85. The molecule has 0 amide bonds. The lowest BCUT2D eigenvalue weighted by Gasteiger charge is -2.26. The molecular weight excluding hydrogens is 244 g/mol. The van der Waals surface area contributed by atoms with Crippen molar-refractivity contribution in [1.82, 2.24) is 25.2 Å². The maximum atomic E-state index is 11.9. The number of fused-ring (bicyclic) bond motifs is 1. The Morgan fingerprint density at radius 3 is 3.00 bits per heavy atom. The number of carbonyl (C=O) groups is 1. The van der Waals surface area contributed by atoms with Crippen LogP contribution in [0.4, 0.5) is 5.95 Å². The van der Waals surface area contributed by atoms with Gasteiger partial charge in [0.25, 0.3) is 0 Å². The van der Waals surface area contributed by atoms with Gasteiger partial charge in [0.2, 0.25) is 5.95 Å². The minimum atomic E-state index is -0.336. The highest BCUT2D eigenvalue weighted by Crippen LogP contribution is 2.33. The molecule has 1 N–H and O–H groups in total. The second-order valence-electron chi connectivity index (χ2n) is 4.36. The van der Waals surface area contributed by atoms with E-state index >= 15 is 0 Å². The van der Waals surface area contributed by atoms with Crippen LogP contribution in [0.1, 0.15) is 25.5 Å². The summed E-state index contributed by atoms with van der Waals surface area (Å²) in [4.78, 5) is 16.0. The number of tetrazole rings is 1. The van der Waals surface area contributed by atoms with Gasteiger partial charge in [0.05, 0.1) is 0 Å². The van der Waals surface area contributed by atoms with Gasteiger partial charge >= 0.3 is 0 Å². The van der Waals surface area contributed by atoms with E-state index < -0.39 is 0 Å². The fraction of sp³-hybridized carbons (Fsp3) is 0.250. The third kappa shape index (κ3) is 1.79. The van der Waals surface area contributed by atoms with Crippen LogP contribution in [0.3, 0.4) is 0 Å². The minimum Gasteiger partial charge on any atom is -0.327 e. The summed E-state index contributed by atoms with van der Waals surface area (Å²) >= 11 is 0. The molecule has 0 fully saturated rings. The number of aromatic nitrogens is 5. The van der Waals surface area contributed by atoms with Gasteiger partial charge < -0.3 is 5.32 Å². The molecule has 0 saturated carbocycles. The molecule has 2 aromatic heterocycles. The van der Waals surface area contributed by atoms with Crippen molar-refractivity contribution in [2.24, 2.45) is 0 Å². The summed E-state index contributed by atoms with van der Waals surface area (Å²) in [6.07, 6.45) is 3.41. The maximum Gasteiger partial charge on any atom is 0.248 e. The van der Waals surface area contributed by atoms with Crippen molar-refractivity contribution in [2.75, 3.05) is 5.32 Å². The Kier molecular flexibility index (Phi) is 2.59. The van der Waals surface area contributed by atoms with E-state index in [2.05, 4.69) is 25.8 Å². The SMILES string of the molecule is CC(=O)C1=C(C)Nc2nnnn2C1c1cccnc1. The van der Waals surface area contributed by atoms with Crippen LogP contribution in [-0.4, -0.2) is 31.0 Å². The third-order valence-corrected chi connectivity index (χ3v) is 3.09. The Morgan fingerprint density at radius 1 is 1.47 bits per heavy atom. The number of hydrogen-bond acceptors (Lipinski definition) is 6. The molecule has 0 spiro atoms. The molecule has 7 nitrogen and oxygen atoms in total. The maximum absolute atomic E-state index is 11.9. The Morgan fingerprint density at radius 2 is 2.32 bits per heavy atom. The Balaban J connectivity index is 2.21. The van der Waals surface area contributed by atoms with E-state index in [1.807, 2.05) is 19.1 Å². The summed E-state index contributed by atoms with van der Waals surface area (Å²) in [7, 11) is 0. The number of rotatable bonds is 2. The van der Waals surface area contributed by atoms with E-state index in [0.29, 0.717) is 11.5 Å². The lowest BCUT2D eigenvalue weighted by atomic mass is 9.94. The van der Waals surface area contributed by atoms with E-state index in [1.54, 1.807) is 24.0 Å². The number of Topliss-reactive ketones (excluding diaryl/α,β-unsaturated/α-hetero) is 1. The highest BCUT2D eigenvalue weighted by atomic mass is 16.1. The number of carbonyl (C=O) groups excluding carboxylic acids is 1. The number of pyridine rings is 1. The average Bonchev–Trinajstić information content (AvgIpc) is 2.85. The summed E-state index contributed by atoms with van der Waals surface area (Å²) in [6, 6.07) is 3.40. The summed E-state index contributed by atoms with van der Waals surface area (Å²) in [5, 5.41) is 14.5. The summed E-state index contributed by atoms with van der Waals surface area (Å²) in [5.74, 6) is 0.511. The van der Waals surface area contributed by atoms with Crippen molar-refractivity contribution in [3.05, 3.63) is 41.4 Å². The summed E-state index contributed by atoms with van der Waals surface area (Å²) in [6.45, 7) is 3.39. The molecule has 7 heteroatoms. The molecule has 3 rings (SSSR count). The van der Waals surface area contributed by atoms with Crippen LogP contribution in [0.5, 0.6) is 0 Å².